The van der Waals surface area contributed by atoms with Crippen LogP contribution in [0.4, 0.5) is 0 Å². The number of hydrogen-bond acceptors (Lipinski definition) is 3. The third-order valence-corrected chi connectivity index (χ3v) is 2.57. The second-order valence-corrected chi connectivity index (χ2v) is 3.64. The number of nitrogens with two attached hydrogens (primary N) is 2. The number of primary amides is 2. The molecule has 0 aromatic heterocycles. The van der Waals surface area contributed by atoms with Gasteiger partial charge in [0.2, 0.25) is 11.8 Å². The van der Waals surface area contributed by atoms with Crippen molar-refractivity contribution in [2.24, 2.45) is 11.5 Å². The Morgan fingerprint density at radius 3 is 2.47 bits per heavy atom. The van der Waals surface area contributed by atoms with Gasteiger partial charge in [-0.25, -0.2) is 0 Å². The molecule has 0 heterocycles. The van der Waals surface area contributed by atoms with E-state index < -0.39 is 17.7 Å². The molecule has 4 N–H and O–H groups in total. The van der Waals surface area contributed by atoms with E-state index in [2.05, 4.69) is 0 Å². The molecule has 0 radical (unpaired) electrons. The maximum atomic E-state index is 11.3. The second-order valence-electron chi connectivity index (χ2n) is 3.64. The molecule has 1 rings (SSSR count). The molecule has 2 amide bonds. The molecule has 17 heavy (non-hydrogen) atoms. The first-order valence-corrected chi connectivity index (χ1v) is 5.14. The van der Waals surface area contributed by atoms with E-state index in [0.29, 0.717) is 17.5 Å². The lowest BCUT2D eigenvalue weighted by Crippen LogP contribution is -2.24. The molecule has 0 saturated heterocycles. The zero-order valence-corrected chi connectivity index (χ0v) is 9.43. The van der Waals surface area contributed by atoms with Crippen molar-refractivity contribution in [1.82, 2.24) is 0 Å². The molecule has 1 atom stereocenters. The molecule has 0 unspecified atom stereocenters. The minimum atomic E-state index is -0.670. The Balaban J connectivity index is 3.38. The van der Waals surface area contributed by atoms with E-state index in [9.17, 15) is 9.59 Å². The third-order valence-electron chi connectivity index (χ3n) is 2.57. The monoisotopic (exact) mass is 231 g/mol. The van der Waals surface area contributed by atoms with Crippen molar-refractivity contribution < 1.29 is 9.59 Å². The van der Waals surface area contributed by atoms with Gasteiger partial charge in [0.05, 0.1) is 17.6 Å². The zero-order valence-electron chi connectivity index (χ0n) is 9.43. The summed E-state index contributed by atoms with van der Waals surface area (Å²) in [5.74, 6) is -1.75. The Hall–Kier alpha value is -2.35. The van der Waals surface area contributed by atoms with Crippen molar-refractivity contribution in [1.29, 1.82) is 5.26 Å². The Morgan fingerprint density at radius 1 is 1.41 bits per heavy atom. The topological polar surface area (TPSA) is 110 Å². The molecule has 5 nitrogen and oxygen atoms in total. The molecule has 1 aromatic rings. The standard InChI is InChI=1S/C12H13N3O2/c1-2-8(11(14)16)9-4-3-7(6-13)5-10(9)12(15)17/h3-5,8H,2H2,1H3,(H2,14,16)(H2,15,17)/t8-/m0/s1. The Bertz CT molecular complexity index is 503. The second kappa shape index (κ2) is 5.12. The van der Waals surface area contributed by atoms with Gasteiger partial charge in [-0.3, -0.25) is 9.59 Å². The van der Waals surface area contributed by atoms with Crippen molar-refractivity contribution in [2.45, 2.75) is 19.3 Å². The molecule has 1 aromatic carbocycles. The number of carbonyl (C=O) groups is 2. The van der Waals surface area contributed by atoms with Crippen molar-refractivity contribution >= 4 is 11.8 Å². The molecular weight excluding hydrogens is 218 g/mol. The summed E-state index contributed by atoms with van der Waals surface area (Å²) in [6.45, 7) is 1.79. The smallest absolute Gasteiger partial charge is 0.249 e. The minimum Gasteiger partial charge on any atom is -0.369 e. The van der Waals surface area contributed by atoms with Crippen LogP contribution >= 0.6 is 0 Å². The van der Waals surface area contributed by atoms with Crippen LogP contribution in [0.25, 0.3) is 0 Å². The number of benzene rings is 1. The fraction of sp³-hybridized carbons (Fsp3) is 0.250. The molecule has 0 fully saturated rings. The summed E-state index contributed by atoms with van der Waals surface area (Å²) in [4.78, 5) is 22.6. The number of amides is 2. The van der Waals surface area contributed by atoms with Crippen LogP contribution in [0.3, 0.4) is 0 Å². The minimum absolute atomic E-state index is 0.176. The van der Waals surface area contributed by atoms with Crippen LogP contribution < -0.4 is 11.5 Å². The van der Waals surface area contributed by atoms with Gasteiger partial charge in [-0.1, -0.05) is 13.0 Å². The first-order chi connectivity index (χ1) is 8.01. The average Bonchev–Trinajstić information content (AvgIpc) is 2.29. The highest BCUT2D eigenvalue weighted by molar-refractivity contribution is 5.97. The van der Waals surface area contributed by atoms with E-state index in [-0.39, 0.29) is 5.56 Å². The van der Waals surface area contributed by atoms with Crippen LogP contribution in [-0.2, 0) is 4.79 Å². The van der Waals surface area contributed by atoms with E-state index in [1.165, 1.54) is 12.1 Å². The fourth-order valence-corrected chi connectivity index (χ4v) is 1.72. The van der Waals surface area contributed by atoms with Crippen LogP contribution in [0.1, 0.15) is 40.7 Å². The largest absolute Gasteiger partial charge is 0.369 e. The van der Waals surface area contributed by atoms with Gasteiger partial charge in [-0.05, 0) is 24.1 Å². The van der Waals surface area contributed by atoms with Crippen molar-refractivity contribution in [2.75, 3.05) is 0 Å². The predicted octanol–water partition coefficient (Wildman–Crippen LogP) is 0.636. The maximum Gasteiger partial charge on any atom is 0.249 e. The molecule has 0 saturated carbocycles. The summed E-state index contributed by atoms with van der Waals surface area (Å²) in [5.41, 5.74) is 11.5. The lowest BCUT2D eigenvalue weighted by Gasteiger charge is -2.14. The number of nitriles is 1. The van der Waals surface area contributed by atoms with Gasteiger partial charge < -0.3 is 11.5 Å². The molecular formula is C12H13N3O2. The number of rotatable bonds is 4. The predicted molar refractivity (Wildman–Crippen MR) is 61.9 cm³/mol. The van der Waals surface area contributed by atoms with Crippen LogP contribution in [0, 0.1) is 11.3 Å². The van der Waals surface area contributed by atoms with Crippen molar-refractivity contribution in [3.63, 3.8) is 0 Å². The highest BCUT2D eigenvalue weighted by Crippen LogP contribution is 2.23. The maximum absolute atomic E-state index is 11.3. The van der Waals surface area contributed by atoms with Crippen molar-refractivity contribution in [3.8, 4) is 6.07 Å². The molecule has 0 bridgehead atoms. The van der Waals surface area contributed by atoms with Crippen LogP contribution in [0.15, 0.2) is 18.2 Å². The molecule has 5 heteroatoms. The zero-order chi connectivity index (χ0) is 13.0. The van der Waals surface area contributed by atoms with Gasteiger partial charge in [0.15, 0.2) is 0 Å². The quantitative estimate of drug-likeness (QED) is 0.792. The summed E-state index contributed by atoms with van der Waals surface area (Å²) >= 11 is 0. The van der Waals surface area contributed by atoms with Gasteiger partial charge in [-0.15, -0.1) is 0 Å². The van der Waals surface area contributed by atoms with E-state index in [4.69, 9.17) is 16.7 Å². The summed E-state index contributed by atoms with van der Waals surface area (Å²) < 4.78 is 0. The Labute approximate surface area is 99.0 Å². The summed E-state index contributed by atoms with van der Waals surface area (Å²) in [5, 5.41) is 8.75. The molecule has 0 aliphatic rings. The van der Waals surface area contributed by atoms with E-state index >= 15 is 0 Å². The van der Waals surface area contributed by atoms with Crippen molar-refractivity contribution in [3.05, 3.63) is 34.9 Å². The van der Waals surface area contributed by atoms with Crippen LogP contribution in [0.2, 0.25) is 0 Å². The first kappa shape index (κ1) is 12.7. The molecule has 0 spiro atoms. The normalized spacial score (nSPS) is 11.5. The molecule has 0 aliphatic carbocycles. The lowest BCUT2D eigenvalue weighted by molar-refractivity contribution is -0.119. The summed E-state index contributed by atoms with van der Waals surface area (Å²) in [7, 11) is 0. The van der Waals surface area contributed by atoms with Gasteiger partial charge in [-0.2, -0.15) is 5.26 Å². The molecule has 0 aliphatic heterocycles. The van der Waals surface area contributed by atoms with Gasteiger partial charge in [0.25, 0.3) is 0 Å². The van der Waals surface area contributed by atoms with E-state index in [1.807, 2.05) is 6.07 Å². The van der Waals surface area contributed by atoms with Gasteiger partial charge in [0, 0.05) is 5.56 Å². The van der Waals surface area contributed by atoms with Crippen LogP contribution in [-0.4, -0.2) is 11.8 Å². The number of nitrogens with zero attached hydrogens (tertiary/aromatic N) is 1. The van der Waals surface area contributed by atoms with Gasteiger partial charge in [0.1, 0.15) is 0 Å². The molecule has 88 valence electrons. The summed E-state index contributed by atoms with van der Waals surface area (Å²) in [6.07, 6.45) is 0.474. The third kappa shape index (κ3) is 2.61. The SMILES string of the molecule is CC[C@H](C(N)=O)c1ccc(C#N)cc1C(N)=O. The van der Waals surface area contributed by atoms with E-state index in [1.54, 1.807) is 13.0 Å². The first-order valence-electron chi connectivity index (χ1n) is 5.14. The van der Waals surface area contributed by atoms with E-state index in [0.717, 1.165) is 0 Å². The lowest BCUT2D eigenvalue weighted by atomic mass is 9.90. The fourth-order valence-electron chi connectivity index (χ4n) is 1.72. The number of hydrogen-bond donors (Lipinski definition) is 2. The average molecular weight is 231 g/mol. The highest BCUT2D eigenvalue weighted by Gasteiger charge is 2.21. The Kier molecular flexibility index (Phi) is 3.83. The van der Waals surface area contributed by atoms with Crippen LogP contribution in [0.5, 0.6) is 0 Å². The number of carbonyl (C=O) groups excluding carboxylic acids is 2. The summed E-state index contributed by atoms with van der Waals surface area (Å²) in [6, 6.07) is 6.38. The highest BCUT2D eigenvalue weighted by atomic mass is 16.1. The Morgan fingerprint density at radius 2 is 2.06 bits per heavy atom. The van der Waals surface area contributed by atoms with Gasteiger partial charge >= 0.3 is 0 Å².